The van der Waals surface area contributed by atoms with Crippen LogP contribution in [0.2, 0.25) is 0 Å². The lowest BCUT2D eigenvalue weighted by atomic mass is 9.91. The number of benzene rings is 4. The highest BCUT2D eigenvalue weighted by Crippen LogP contribution is 2.27. The molecule has 0 aromatic heterocycles. The molecule has 4 rings (SSSR count). The number of nitrogens with one attached hydrogen (secondary N) is 3. The number of nitrogens with zero attached hydrogens (tertiary/aromatic N) is 1. The Hall–Kier alpha value is -5.13. The molecular weight excluding hydrogens is 516 g/mol. The van der Waals surface area contributed by atoms with Crippen LogP contribution in [0.3, 0.4) is 0 Å². The topological polar surface area (TPSA) is 112 Å². The number of hydrogen-bond acceptors (Lipinski definition) is 6. The first-order chi connectivity index (χ1) is 20.1. The van der Waals surface area contributed by atoms with E-state index in [9.17, 15) is 14.9 Å². The highest BCUT2D eigenvalue weighted by molar-refractivity contribution is 5.89. The van der Waals surface area contributed by atoms with E-state index in [0.717, 1.165) is 11.1 Å². The summed E-state index contributed by atoms with van der Waals surface area (Å²) in [7, 11) is 0. The summed E-state index contributed by atoms with van der Waals surface area (Å²) in [6, 6.07) is 36.8. The molecule has 0 aliphatic carbocycles. The molecule has 0 aliphatic rings. The van der Waals surface area contributed by atoms with E-state index in [0.29, 0.717) is 30.1 Å². The number of nitriles is 1. The molecule has 4 aromatic carbocycles. The molecule has 0 saturated heterocycles. The lowest BCUT2D eigenvalue weighted by molar-refractivity contribution is -0.151. The van der Waals surface area contributed by atoms with Crippen molar-refractivity contribution in [2.45, 2.75) is 12.0 Å². The van der Waals surface area contributed by atoms with E-state index in [4.69, 9.17) is 9.47 Å². The average Bonchev–Trinajstić information content (AvgIpc) is 3.01. The lowest BCUT2D eigenvalue weighted by Gasteiger charge is -2.23. The first-order valence-electron chi connectivity index (χ1n) is 13.4. The number of amides is 2. The van der Waals surface area contributed by atoms with Gasteiger partial charge in [0.15, 0.2) is 0 Å². The quantitative estimate of drug-likeness (QED) is 0.158. The second-order valence-corrected chi connectivity index (χ2v) is 9.18. The molecule has 1 atom stereocenters. The third kappa shape index (κ3) is 8.95. The molecule has 8 nitrogen and oxygen atoms in total. The van der Waals surface area contributed by atoms with Gasteiger partial charge in [0.1, 0.15) is 30.4 Å². The van der Waals surface area contributed by atoms with Gasteiger partial charge in [-0.05, 0) is 35.4 Å². The van der Waals surface area contributed by atoms with Gasteiger partial charge in [0.2, 0.25) is 0 Å². The Balaban J connectivity index is 1.39. The Kier molecular flexibility index (Phi) is 10.9. The van der Waals surface area contributed by atoms with Crippen molar-refractivity contribution < 1.29 is 19.1 Å². The van der Waals surface area contributed by atoms with Crippen LogP contribution in [0.4, 0.5) is 10.5 Å². The molecule has 0 aliphatic heterocycles. The number of urea groups is 1. The molecule has 208 valence electrons. The van der Waals surface area contributed by atoms with Crippen molar-refractivity contribution in [3.05, 3.63) is 132 Å². The number of hydrogen-bond donors (Lipinski definition) is 3. The van der Waals surface area contributed by atoms with Gasteiger partial charge in [-0.2, -0.15) is 5.26 Å². The number of ether oxygens (including phenoxy) is 2. The highest BCUT2D eigenvalue weighted by atomic mass is 16.6. The molecule has 8 heteroatoms. The van der Waals surface area contributed by atoms with Crippen molar-refractivity contribution >= 4 is 17.7 Å². The van der Waals surface area contributed by atoms with Crippen LogP contribution < -0.4 is 20.7 Å². The zero-order valence-electron chi connectivity index (χ0n) is 22.5. The summed E-state index contributed by atoms with van der Waals surface area (Å²) < 4.78 is 11.9. The van der Waals surface area contributed by atoms with Crippen LogP contribution in [0.5, 0.6) is 5.75 Å². The maximum atomic E-state index is 13.6. The van der Waals surface area contributed by atoms with Gasteiger partial charge in [-0.3, -0.25) is 4.79 Å². The van der Waals surface area contributed by atoms with Gasteiger partial charge < -0.3 is 25.4 Å². The molecule has 0 fully saturated rings. The van der Waals surface area contributed by atoms with Gasteiger partial charge in [0, 0.05) is 25.3 Å². The van der Waals surface area contributed by atoms with Crippen molar-refractivity contribution in [2.24, 2.45) is 0 Å². The minimum absolute atomic E-state index is 0.0374. The maximum absolute atomic E-state index is 13.6. The van der Waals surface area contributed by atoms with Gasteiger partial charge in [0.05, 0.1) is 5.56 Å². The minimum atomic E-state index is -0.665. The molecule has 0 saturated carbocycles. The molecule has 1 unspecified atom stereocenters. The van der Waals surface area contributed by atoms with Crippen LogP contribution in [-0.4, -0.2) is 44.3 Å². The predicted molar refractivity (Wildman–Crippen MR) is 158 cm³/mol. The fraction of sp³-hybridized carbons (Fsp3) is 0.182. The smallest absolute Gasteiger partial charge is 0.319 e. The van der Waals surface area contributed by atoms with E-state index < -0.39 is 18.0 Å². The molecule has 0 bridgehead atoms. The van der Waals surface area contributed by atoms with E-state index >= 15 is 0 Å². The minimum Gasteiger partial charge on any atom is -0.488 e. The van der Waals surface area contributed by atoms with Crippen molar-refractivity contribution in [2.75, 3.05) is 31.6 Å². The number of carbonyl (C=O) groups is 2. The third-order valence-electron chi connectivity index (χ3n) is 6.21. The number of carbonyl (C=O) groups excluding carboxylic acids is 2. The first-order valence-corrected chi connectivity index (χ1v) is 13.4. The van der Waals surface area contributed by atoms with E-state index in [1.54, 1.807) is 36.4 Å². The molecular formula is C33H32N4O4. The summed E-state index contributed by atoms with van der Waals surface area (Å²) in [6.45, 7) is 1.11. The van der Waals surface area contributed by atoms with Crippen LogP contribution in [-0.2, 0) is 9.53 Å². The van der Waals surface area contributed by atoms with Gasteiger partial charge in [-0.1, -0.05) is 91.0 Å². The number of para-hydroxylation sites is 2. The molecule has 3 N–H and O–H groups in total. The van der Waals surface area contributed by atoms with E-state index in [1.165, 1.54) is 0 Å². The van der Waals surface area contributed by atoms with E-state index in [-0.39, 0.29) is 19.2 Å². The Morgan fingerprint density at radius 2 is 1.34 bits per heavy atom. The zero-order valence-corrected chi connectivity index (χ0v) is 22.5. The number of rotatable bonds is 13. The molecule has 2 amide bonds. The van der Waals surface area contributed by atoms with Gasteiger partial charge in [-0.25, -0.2) is 4.79 Å². The van der Waals surface area contributed by atoms with Crippen molar-refractivity contribution in [1.29, 1.82) is 5.26 Å². The summed E-state index contributed by atoms with van der Waals surface area (Å²) in [4.78, 5) is 25.8. The van der Waals surface area contributed by atoms with Crippen LogP contribution in [0.25, 0.3) is 0 Å². The van der Waals surface area contributed by atoms with Crippen molar-refractivity contribution in [3.63, 3.8) is 0 Å². The summed E-state index contributed by atoms with van der Waals surface area (Å²) >= 11 is 0. The summed E-state index contributed by atoms with van der Waals surface area (Å²) in [5, 5.41) is 18.2. The first kappa shape index (κ1) is 28.9. The molecule has 0 radical (unpaired) electrons. The summed E-state index contributed by atoms with van der Waals surface area (Å²) in [6.07, 6.45) is -0.665. The SMILES string of the molecule is N#Cc1ccccc1OCC(CNCCNC(=O)Nc1ccccc1)OC(=O)C(c1ccccc1)c1ccccc1. The summed E-state index contributed by atoms with van der Waals surface area (Å²) in [5.41, 5.74) is 2.73. The van der Waals surface area contributed by atoms with Crippen LogP contribution in [0, 0.1) is 11.3 Å². The molecule has 0 spiro atoms. The predicted octanol–water partition coefficient (Wildman–Crippen LogP) is 5.09. The Labute approximate surface area is 239 Å². The Morgan fingerprint density at radius 3 is 1.98 bits per heavy atom. The standard InChI is InChI=1S/C33H32N4O4/c34-22-27-16-10-11-19-30(27)40-24-29(23-35-20-21-36-33(39)37-28-17-8-3-9-18-28)41-32(38)31(25-12-4-1-5-13-25)26-14-6-2-7-15-26/h1-19,29,31,35H,20-21,23-24H2,(H2,36,37,39). The molecule has 41 heavy (non-hydrogen) atoms. The fourth-order valence-corrected chi connectivity index (χ4v) is 4.21. The lowest BCUT2D eigenvalue weighted by Crippen LogP contribution is -2.40. The van der Waals surface area contributed by atoms with E-state index in [1.807, 2.05) is 78.9 Å². The van der Waals surface area contributed by atoms with E-state index in [2.05, 4.69) is 22.0 Å². The largest absolute Gasteiger partial charge is 0.488 e. The molecule has 4 aromatic rings. The average molecular weight is 549 g/mol. The molecule has 0 heterocycles. The fourth-order valence-electron chi connectivity index (χ4n) is 4.21. The van der Waals surface area contributed by atoms with Crippen molar-refractivity contribution in [3.8, 4) is 11.8 Å². The highest BCUT2D eigenvalue weighted by Gasteiger charge is 2.27. The third-order valence-corrected chi connectivity index (χ3v) is 6.21. The van der Waals surface area contributed by atoms with Crippen LogP contribution in [0.15, 0.2) is 115 Å². The Morgan fingerprint density at radius 1 is 0.756 bits per heavy atom. The second kappa shape index (κ2) is 15.5. The number of esters is 1. The maximum Gasteiger partial charge on any atom is 0.319 e. The monoisotopic (exact) mass is 548 g/mol. The summed E-state index contributed by atoms with van der Waals surface area (Å²) in [5.74, 6) is -0.612. The van der Waals surface area contributed by atoms with Gasteiger partial charge >= 0.3 is 12.0 Å². The normalized spacial score (nSPS) is 11.2. The van der Waals surface area contributed by atoms with Crippen molar-refractivity contribution in [1.82, 2.24) is 10.6 Å². The second-order valence-electron chi connectivity index (χ2n) is 9.18. The van der Waals surface area contributed by atoms with Gasteiger partial charge in [-0.15, -0.1) is 0 Å². The van der Waals surface area contributed by atoms with Crippen LogP contribution >= 0.6 is 0 Å². The Bertz CT molecular complexity index is 1390. The number of anilines is 1. The van der Waals surface area contributed by atoms with Gasteiger partial charge in [0.25, 0.3) is 0 Å². The zero-order chi connectivity index (χ0) is 28.7. The van der Waals surface area contributed by atoms with Crippen LogP contribution in [0.1, 0.15) is 22.6 Å².